The minimum atomic E-state index is 1.29. The van der Waals surface area contributed by atoms with E-state index in [4.69, 9.17) is 0 Å². The summed E-state index contributed by atoms with van der Waals surface area (Å²) in [4.78, 5) is 0. The van der Waals surface area contributed by atoms with Crippen LogP contribution in [0.2, 0.25) is 0 Å². The molecule has 0 amide bonds. The van der Waals surface area contributed by atoms with Crippen LogP contribution < -0.4 is 0 Å². The fourth-order valence-corrected chi connectivity index (χ4v) is 4.94. The molecule has 0 saturated carbocycles. The predicted octanol–water partition coefficient (Wildman–Crippen LogP) is 6.75. The van der Waals surface area contributed by atoms with Crippen LogP contribution in [0.5, 0.6) is 0 Å². The molecule has 0 aliphatic heterocycles. The summed E-state index contributed by atoms with van der Waals surface area (Å²) in [6.45, 7) is 4.35. The van der Waals surface area contributed by atoms with Gasteiger partial charge in [-0.1, -0.05) is 36.4 Å². The molecule has 136 valence electrons. The van der Waals surface area contributed by atoms with Crippen LogP contribution in [0.4, 0.5) is 0 Å². The zero-order valence-corrected chi connectivity index (χ0v) is 16.7. The summed E-state index contributed by atoms with van der Waals surface area (Å²) < 4.78 is 4.54. The molecule has 0 N–H and O–H groups in total. The first-order valence-corrected chi connectivity index (χ1v) is 9.84. The summed E-state index contributed by atoms with van der Waals surface area (Å²) in [5.41, 5.74) is 5.18. The predicted molar refractivity (Wildman–Crippen MR) is 121 cm³/mol. The lowest BCUT2D eigenvalue weighted by Crippen LogP contribution is -1.89. The van der Waals surface area contributed by atoms with Gasteiger partial charge in [-0.15, -0.1) is 0 Å². The van der Waals surface area contributed by atoms with Gasteiger partial charge in [0.1, 0.15) is 0 Å². The van der Waals surface area contributed by atoms with Gasteiger partial charge in [-0.2, -0.15) is 0 Å². The second-order valence-corrected chi connectivity index (χ2v) is 8.10. The third kappa shape index (κ3) is 1.83. The van der Waals surface area contributed by atoms with Crippen LogP contribution in [0, 0.1) is 13.8 Å². The molecule has 2 heteroatoms. The summed E-state index contributed by atoms with van der Waals surface area (Å²) >= 11 is 0. The van der Waals surface area contributed by atoms with Crippen LogP contribution in [-0.4, -0.2) is 9.13 Å². The van der Waals surface area contributed by atoms with E-state index >= 15 is 0 Å². The van der Waals surface area contributed by atoms with Crippen LogP contribution in [0.15, 0.2) is 60.7 Å². The van der Waals surface area contributed by atoms with Gasteiger partial charge in [0, 0.05) is 47.3 Å². The van der Waals surface area contributed by atoms with Crippen LogP contribution in [0.3, 0.4) is 0 Å². The monoisotopic (exact) mass is 362 g/mol. The number of aryl methyl sites for hydroxylation is 4. The van der Waals surface area contributed by atoms with Crippen molar-refractivity contribution >= 4 is 54.1 Å². The van der Waals surface area contributed by atoms with Crippen molar-refractivity contribution in [1.29, 1.82) is 0 Å². The lowest BCUT2D eigenvalue weighted by Gasteiger charge is -2.10. The van der Waals surface area contributed by atoms with E-state index in [0.717, 1.165) is 0 Å². The average Bonchev–Trinajstić information content (AvgIpc) is 3.17. The van der Waals surface area contributed by atoms with Crippen molar-refractivity contribution in [2.24, 2.45) is 14.1 Å². The van der Waals surface area contributed by atoms with E-state index < -0.39 is 0 Å². The maximum atomic E-state index is 2.31. The first-order valence-electron chi connectivity index (χ1n) is 9.84. The van der Waals surface area contributed by atoms with E-state index in [1.807, 2.05) is 0 Å². The van der Waals surface area contributed by atoms with Crippen LogP contribution >= 0.6 is 0 Å². The molecular weight excluding hydrogens is 340 g/mol. The topological polar surface area (TPSA) is 9.86 Å². The maximum absolute atomic E-state index is 2.31. The van der Waals surface area contributed by atoms with Crippen molar-refractivity contribution < 1.29 is 0 Å². The Bertz CT molecular complexity index is 1470. The Morgan fingerprint density at radius 2 is 0.714 bits per heavy atom. The summed E-state index contributed by atoms with van der Waals surface area (Å²) in [6.07, 6.45) is 0. The van der Waals surface area contributed by atoms with Crippen molar-refractivity contribution in [1.82, 2.24) is 9.13 Å². The van der Waals surface area contributed by atoms with Gasteiger partial charge < -0.3 is 9.13 Å². The highest BCUT2D eigenvalue weighted by Crippen LogP contribution is 2.37. The molecule has 0 aliphatic rings. The van der Waals surface area contributed by atoms with Gasteiger partial charge in [0.05, 0.1) is 0 Å². The summed E-state index contributed by atoms with van der Waals surface area (Å²) in [6, 6.07) is 22.9. The molecule has 28 heavy (non-hydrogen) atoms. The van der Waals surface area contributed by atoms with Gasteiger partial charge >= 0.3 is 0 Å². The molecule has 4 aromatic carbocycles. The molecule has 0 unspecified atom stereocenters. The summed E-state index contributed by atoms with van der Waals surface area (Å²) in [7, 11) is 4.29. The highest BCUT2D eigenvalue weighted by atomic mass is 14.9. The maximum Gasteiger partial charge on any atom is 0.0486 e. The molecule has 2 nitrogen and oxygen atoms in total. The number of benzene rings is 4. The fraction of sp³-hybridized carbons (Fsp3) is 0.154. The number of rotatable bonds is 0. The van der Waals surface area contributed by atoms with Crippen molar-refractivity contribution in [3.8, 4) is 0 Å². The van der Waals surface area contributed by atoms with Crippen LogP contribution in [0.25, 0.3) is 54.1 Å². The second-order valence-electron chi connectivity index (χ2n) is 8.10. The lowest BCUT2D eigenvalue weighted by atomic mass is 9.94. The van der Waals surface area contributed by atoms with Gasteiger partial charge in [-0.05, 0) is 70.4 Å². The minimum absolute atomic E-state index is 1.29. The van der Waals surface area contributed by atoms with E-state index in [1.54, 1.807) is 0 Å². The smallest absolute Gasteiger partial charge is 0.0486 e. The minimum Gasteiger partial charge on any atom is -0.348 e. The number of fused-ring (bicyclic) bond motifs is 9. The quantitative estimate of drug-likeness (QED) is 0.265. The Morgan fingerprint density at radius 1 is 0.429 bits per heavy atom. The Hall–Kier alpha value is -3.26. The first-order chi connectivity index (χ1) is 13.5. The zero-order valence-electron chi connectivity index (χ0n) is 16.7. The molecule has 0 atom stereocenters. The third-order valence-corrected chi connectivity index (χ3v) is 6.72. The van der Waals surface area contributed by atoms with Gasteiger partial charge in [-0.25, -0.2) is 0 Å². The molecule has 0 radical (unpaired) electrons. The van der Waals surface area contributed by atoms with Crippen molar-refractivity contribution in [2.75, 3.05) is 0 Å². The molecular formula is C26H22N2. The van der Waals surface area contributed by atoms with Gasteiger partial charge in [0.2, 0.25) is 0 Å². The van der Waals surface area contributed by atoms with E-state index in [2.05, 4.69) is 97.7 Å². The zero-order chi connectivity index (χ0) is 19.2. The highest BCUT2D eigenvalue weighted by Gasteiger charge is 2.12. The van der Waals surface area contributed by atoms with E-state index in [9.17, 15) is 0 Å². The van der Waals surface area contributed by atoms with Crippen LogP contribution in [-0.2, 0) is 14.1 Å². The first kappa shape index (κ1) is 15.8. The molecule has 0 saturated heterocycles. The molecule has 6 rings (SSSR count). The van der Waals surface area contributed by atoms with Gasteiger partial charge in [-0.3, -0.25) is 0 Å². The normalized spacial score (nSPS) is 12.3. The Kier molecular flexibility index (Phi) is 2.91. The molecule has 0 spiro atoms. The highest BCUT2D eigenvalue weighted by molar-refractivity contribution is 6.24. The molecule has 2 aromatic heterocycles. The summed E-state index contributed by atoms with van der Waals surface area (Å²) in [5.74, 6) is 0. The van der Waals surface area contributed by atoms with E-state index in [0.29, 0.717) is 0 Å². The fourth-order valence-electron chi connectivity index (χ4n) is 4.94. The van der Waals surface area contributed by atoms with Crippen molar-refractivity contribution in [3.63, 3.8) is 0 Å². The lowest BCUT2D eigenvalue weighted by molar-refractivity contribution is 0.918. The largest absolute Gasteiger partial charge is 0.348 e. The molecule has 0 fully saturated rings. The van der Waals surface area contributed by atoms with Crippen molar-refractivity contribution in [2.45, 2.75) is 13.8 Å². The SMILES string of the molecule is Cc1cc2c3ccc4c(ccc5c4ccc4c5cc(C)n4C)c3ccc2n1C. The van der Waals surface area contributed by atoms with E-state index in [1.165, 1.54) is 65.5 Å². The molecule has 0 aliphatic carbocycles. The van der Waals surface area contributed by atoms with E-state index in [-0.39, 0.29) is 0 Å². The molecule has 6 aromatic rings. The van der Waals surface area contributed by atoms with Gasteiger partial charge in [0.15, 0.2) is 0 Å². The second kappa shape index (κ2) is 5.17. The molecule has 0 bridgehead atoms. The number of hydrogen-bond donors (Lipinski definition) is 0. The number of nitrogens with zero attached hydrogens (tertiary/aromatic N) is 2. The average molecular weight is 362 g/mol. The standard InChI is InChI=1S/C26H22N2/c1-15-13-23-21-7-5-18-17(19(21)9-11-25(23)27(15)3)6-8-22-20(18)10-12-26-24(22)14-16(2)28(26)4/h5-14H,1-4H3. The third-order valence-electron chi connectivity index (χ3n) is 6.72. The summed E-state index contributed by atoms with van der Waals surface area (Å²) in [5, 5.41) is 10.7. The Labute approximate surface area is 163 Å². The number of aromatic nitrogens is 2. The Balaban J connectivity index is 1.78. The van der Waals surface area contributed by atoms with Crippen molar-refractivity contribution in [3.05, 3.63) is 72.1 Å². The van der Waals surface area contributed by atoms with Gasteiger partial charge in [0.25, 0.3) is 0 Å². The van der Waals surface area contributed by atoms with Crippen LogP contribution in [0.1, 0.15) is 11.4 Å². The Morgan fingerprint density at radius 3 is 1.07 bits per heavy atom. The number of hydrogen-bond acceptors (Lipinski definition) is 0. The molecule has 2 heterocycles.